The molecule has 0 bridgehead atoms. The van der Waals surface area contributed by atoms with Gasteiger partial charge in [0, 0.05) is 6.20 Å². The second-order valence-electron chi connectivity index (χ2n) is 2.83. The molecule has 0 aliphatic carbocycles. The number of fused-ring (bicyclic) bond motifs is 1. The molecule has 2 amide bonds. The number of amides is 2. The maximum Gasteiger partial charge on any atom is 0.336 e. The van der Waals surface area contributed by atoms with Crippen LogP contribution in [0.5, 0.6) is 0 Å². The third kappa shape index (κ3) is 1.00. The van der Waals surface area contributed by atoms with Crippen molar-refractivity contribution in [3.8, 4) is 0 Å². The molecule has 6 nitrogen and oxygen atoms in total. The fraction of sp³-hybridized carbons (Fsp3) is 0.125. The molecule has 0 saturated heterocycles. The van der Waals surface area contributed by atoms with Gasteiger partial charge in [0.2, 0.25) is 0 Å². The van der Waals surface area contributed by atoms with Crippen LogP contribution in [0.1, 0.15) is 10.5 Å². The van der Waals surface area contributed by atoms with Crippen LogP contribution in [0.15, 0.2) is 18.3 Å². The third-order valence-corrected chi connectivity index (χ3v) is 1.94. The van der Waals surface area contributed by atoms with Crippen molar-refractivity contribution in [2.75, 3.05) is 6.54 Å². The van der Waals surface area contributed by atoms with E-state index < -0.39 is 24.5 Å². The molecular formula is C8H6N2O4. The summed E-state index contributed by atoms with van der Waals surface area (Å²) in [6.45, 7) is -0.598. The first-order valence-electron chi connectivity index (χ1n) is 3.86. The van der Waals surface area contributed by atoms with E-state index in [1.165, 1.54) is 12.3 Å². The first kappa shape index (κ1) is 8.49. The van der Waals surface area contributed by atoms with Crippen LogP contribution in [-0.4, -0.2) is 39.0 Å². The van der Waals surface area contributed by atoms with Gasteiger partial charge < -0.3 is 5.11 Å². The highest BCUT2D eigenvalue weighted by Gasteiger charge is 2.35. The van der Waals surface area contributed by atoms with Gasteiger partial charge in [-0.1, -0.05) is 0 Å². The Morgan fingerprint density at radius 2 is 2.14 bits per heavy atom. The molecular weight excluding hydrogens is 188 g/mol. The van der Waals surface area contributed by atoms with Crippen LogP contribution in [0.4, 0.5) is 4.79 Å². The molecule has 0 unspecified atom stereocenters. The molecule has 1 aliphatic rings. The lowest BCUT2D eigenvalue weighted by Crippen LogP contribution is -2.35. The van der Waals surface area contributed by atoms with E-state index in [-0.39, 0.29) is 5.69 Å². The lowest BCUT2D eigenvalue weighted by Gasteiger charge is -2.08. The van der Waals surface area contributed by atoms with Gasteiger partial charge in [0.05, 0.1) is 0 Å². The Morgan fingerprint density at radius 1 is 1.43 bits per heavy atom. The molecule has 2 heterocycles. The maximum absolute atomic E-state index is 11.4. The quantitative estimate of drug-likeness (QED) is 0.718. The van der Waals surface area contributed by atoms with E-state index in [1.54, 1.807) is 6.07 Å². The van der Waals surface area contributed by atoms with Crippen LogP contribution in [0.25, 0.3) is 0 Å². The predicted octanol–water partition coefficient (Wildman–Crippen LogP) is -0.00340. The summed E-state index contributed by atoms with van der Waals surface area (Å²) in [5.74, 6) is -1.78. The zero-order valence-electron chi connectivity index (χ0n) is 7.01. The minimum atomic E-state index is -1.21. The lowest BCUT2D eigenvalue weighted by molar-refractivity contribution is -0.137. The zero-order chi connectivity index (χ0) is 10.3. The van der Waals surface area contributed by atoms with Gasteiger partial charge in [-0.15, -0.1) is 0 Å². The number of imide groups is 1. The van der Waals surface area contributed by atoms with E-state index in [4.69, 9.17) is 5.11 Å². The Morgan fingerprint density at radius 3 is 2.71 bits per heavy atom. The van der Waals surface area contributed by atoms with Crippen molar-refractivity contribution in [1.82, 2.24) is 9.47 Å². The summed E-state index contributed by atoms with van der Waals surface area (Å²) in [6.07, 6.45) is 1.43. The number of nitrogens with zero attached hydrogens (tertiary/aromatic N) is 2. The molecule has 2 rings (SSSR count). The average molecular weight is 194 g/mol. The SMILES string of the molecule is O=C(O)CN1C(=O)c2cccn2C1=O. The number of hydrogen-bond acceptors (Lipinski definition) is 3. The smallest absolute Gasteiger partial charge is 0.336 e. The Labute approximate surface area is 78.3 Å². The number of carboxylic acids is 1. The molecule has 0 radical (unpaired) electrons. The first-order chi connectivity index (χ1) is 6.61. The molecule has 1 N–H and O–H groups in total. The van der Waals surface area contributed by atoms with Crippen LogP contribution >= 0.6 is 0 Å². The van der Waals surface area contributed by atoms with Crippen molar-refractivity contribution in [3.63, 3.8) is 0 Å². The topological polar surface area (TPSA) is 79.6 Å². The molecule has 14 heavy (non-hydrogen) atoms. The van der Waals surface area contributed by atoms with E-state index in [1.807, 2.05) is 0 Å². The van der Waals surface area contributed by atoms with Gasteiger partial charge in [-0.2, -0.15) is 0 Å². The van der Waals surface area contributed by atoms with Crippen molar-refractivity contribution < 1.29 is 19.5 Å². The second kappa shape index (κ2) is 2.69. The Balaban J connectivity index is 2.35. The van der Waals surface area contributed by atoms with Crippen LogP contribution in [0.3, 0.4) is 0 Å². The number of aromatic nitrogens is 1. The van der Waals surface area contributed by atoms with E-state index in [9.17, 15) is 14.4 Å². The summed E-state index contributed by atoms with van der Waals surface area (Å²) in [7, 11) is 0. The van der Waals surface area contributed by atoms with Crippen LogP contribution in [-0.2, 0) is 4.79 Å². The molecule has 0 atom stereocenters. The second-order valence-corrected chi connectivity index (χ2v) is 2.83. The number of carbonyl (C=O) groups excluding carboxylic acids is 2. The minimum absolute atomic E-state index is 0.205. The maximum atomic E-state index is 11.4. The molecule has 1 aromatic rings. The average Bonchev–Trinajstić information content (AvgIpc) is 2.65. The predicted molar refractivity (Wildman–Crippen MR) is 43.9 cm³/mol. The van der Waals surface area contributed by atoms with Gasteiger partial charge in [0.25, 0.3) is 5.91 Å². The molecule has 0 aromatic carbocycles. The van der Waals surface area contributed by atoms with Gasteiger partial charge >= 0.3 is 12.0 Å². The van der Waals surface area contributed by atoms with Crippen molar-refractivity contribution in [2.24, 2.45) is 0 Å². The van der Waals surface area contributed by atoms with Crippen molar-refractivity contribution in [3.05, 3.63) is 24.0 Å². The third-order valence-electron chi connectivity index (χ3n) is 1.94. The monoisotopic (exact) mass is 194 g/mol. The van der Waals surface area contributed by atoms with Gasteiger partial charge in [0.1, 0.15) is 12.2 Å². The number of aliphatic carboxylic acids is 1. The summed E-state index contributed by atoms with van der Waals surface area (Å²) >= 11 is 0. The largest absolute Gasteiger partial charge is 0.480 e. The molecule has 1 aromatic heterocycles. The normalized spacial score (nSPS) is 14.7. The first-order valence-corrected chi connectivity index (χ1v) is 3.86. The zero-order valence-corrected chi connectivity index (χ0v) is 7.01. The van der Waals surface area contributed by atoms with E-state index in [0.717, 1.165) is 4.57 Å². The van der Waals surface area contributed by atoms with Crippen molar-refractivity contribution >= 4 is 17.9 Å². The molecule has 72 valence electrons. The molecule has 1 aliphatic heterocycles. The van der Waals surface area contributed by atoms with Gasteiger partial charge in [-0.05, 0) is 12.1 Å². The molecule has 0 fully saturated rings. The Hall–Kier alpha value is -2.11. The number of hydrogen-bond donors (Lipinski definition) is 1. The highest BCUT2D eigenvalue weighted by molar-refractivity contribution is 6.12. The molecule has 0 saturated carbocycles. The lowest BCUT2D eigenvalue weighted by atomic mass is 10.4. The summed E-state index contributed by atoms with van der Waals surface area (Å²) in [5, 5.41) is 8.47. The van der Waals surface area contributed by atoms with Crippen LogP contribution in [0.2, 0.25) is 0 Å². The van der Waals surface area contributed by atoms with Gasteiger partial charge in [0.15, 0.2) is 0 Å². The van der Waals surface area contributed by atoms with Crippen LogP contribution < -0.4 is 0 Å². The van der Waals surface area contributed by atoms with Gasteiger partial charge in [-0.25, -0.2) is 9.69 Å². The van der Waals surface area contributed by atoms with Crippen molar-refractivity contribution in [2.45, 2.75) is 0 Å². The standard InChI is InChI=1S/C8H6N2O4/c11-6(12)4-10-7(13)5-2-1-3-9(5)8(10)14/h1-3H,4H2,(H,11,12). The van der Waals surface area contributed by atoms with E-state index in [0.29, 0.717) is 4.90 Å². The van der Waals surface area contributed by atoms with Crippen molar-refractivity contribution in [1.29, 1.82) is 0 Å². The fourth-order valence-corrected chi connectivity index (χ4v) is 1.35. The fourth-order valence-electron chi connectivity index (χ4n) is 1.35. The highest BCUT2D eigenvalue weighted by Crippen LogP contribution is 2.16. The minimum Gasteiger partial charge on any atom is -0.480 e. The number of carboxylic acid groups (broad SMARTS) is 1. The van der Waals surface area contributed by atoms with Crippen LogP contribution in [0, 0.1) is 0 Å². The Bertz CT molecular complexity index is 404. The Kier molecular flexibility index (Phi) is 1.63. The highest BCUT2D eigenvalue weighted by atomic mass is 16.4. The summed E-state index contributed by atoms with van der Waals surface area (Å²) < 4.78 is 1.13. The van der Waals surface area contributed by atoms with Gasteiger partial charge in [-0.3, -0.25) is 14.2 Å². The molecule has 0 spiro atoms. The summed E-state index contributed by atoms with van der Waals surface area (Å²) in [4.78, 5) is 33.9. The molecule has 6 heteroatoms. The van der Waals surface area contributed by atoms with E-state index in [2.05, 4.69) is 0 Å². The summed E-state index contributed by atoms with van der Waals surface area (Å²) in [6, 6.07) is 2.42. The van der Waals surface area contributed by atoms with E-state index >= 15 is 0 Å². The number of rotatable bonds is 2. The number of carbonyl (C=O) groups is 3. The summed E-state index contributed by atoms with van der Waals surface area (Å²) in [5.41, 5.74) is 0.205.